The van der Waals surface area contributed by atoms with Gasteiger partial charge in [0.25, 0.3) is 0 Å². The van der Waals surface area contributed by atoms with Gasteiger partial charge in [-0.15, -0.1) is 0 Å². The van der Waals surface area contributed by atoms with Crippen molar-refractivity contribution in [3.05, 3.63) is 89.0 Å². The first-order valence-corrected chi connectivity index (χ1v) is 15.2. The molecule has 0 amide bonds. The number of allylic oxidation sites excluding steroid dienone is 3. The standard InChI is InChI=1S/C30H34N5O4P/c1-20(7-14-28(32-2)40(5,6)36)23-16-25-29(33-17-23)35(30(31)34-25)18-22-10-13-26(27(15-22)38-4)39-19-21-8-11-24(37-3)12-9-21/h7-17H,2,18-19H2,1,3-6H3,(H2,31,34)/b20-7+,28-14+. The number of pyridine rings is 1. The molecular formula is C30H34N5O4P. The van der Waals surface area contributed by atoms with Crippen LogP contribution in [-0.4, -0.2) is 48.8 Å². The highest BCUT2D eigenvalue weighted by Crippen LogP contribution is 2.46. The quantitative estimate of drug-likeness (QED) is 0.132. The number of hydrogen-bond donors (Lipinski definition) is 1. The second kappa shape index (κ2) is 12.2. The smallest absolute Gasteiger partial charge is 0.202 e. The van der Waals surface area contributed by atoms with Crippen molar-refractivity contribution >= 4 is 36.5 Å². The summed E-state index contributed by atoms with van der Waals surface area (Å²) in [5.74, 6) is 2.42. The molecule has 10 heteroatoms. The lowest BCUT2D eigenvalue weighted by atomic mass is 10.1. The van der Waals surface area contributed by atoms with Crippen LogP contribution in [0.4, 0.5) is 5.95 Å². The first-order valence-electron chi connectivity index (χ1n) is 12.6. The summed E-state index contributed by atoms with van der Waals surface area (Å²) in [6.07, 6.45) is 5.37. The summed E-state index contributed by atoms with van der Waals surface area (Å²) >= 11 is 0. The fourth-order valence-electron chi connectivity index (χ4n) is 4.09. The van der Waals surface area contributed by atoms with E-state index in [0.29, 0.717) is 47.2 Å². The molecule has 0 aliphatic rings. The van der Waals surface area contributed by atoms with Gasteiger partial charge in [-0.3, -0.25) is 9.56 Å². The van der Waals surface area contributed by atoms with Gasteiger partial charge in [0.05, 0.1) is 26.2 Å². The lowest BCUT2D eigenvalue weighted by Gasteiger charge is -2.13. The molecule has 0 saturated carbocycles. The molecule has 4 rings (SSSR count). The molecule has 0 saturated heterocycles. The Bertz CT molecular complexity index is 1630. The van der Waals surface area contributed by atoms with Crippen LogP contribution in [0.1, 0.15) is 23.6 Å². The molecule has 40 heavy (non-hydrogen) atoms. The average molecular weight is 560 g/mol. The number of hydrogen-bond acceptors (Lipinski definition) is 8. The largest absolute Gasteiger partial charge is 0.497 e. The number of benzene rings is 2. The van der Waals surface area contributed by atoms with Crippen LogP contribution in [0.3, 0.4) is 0 Å². The molecule has 0 aliphatic heterocycles. The van der Waals surface area contributed by atoms with Gasteiger partial charge < -0.3 is 24.5 Å². The van der Waals surface area contributed by atoms with Crippen LogP contribution >= 0.6 is 7.14 Å². The number of anilines is 1. The third kappa shape index (κ3) is 6.61. The van der Waals surface area contributed by atoms with E-state index in [1.54, 1.807) is 39.8 Å². The van der Waals surface area contributed by atoms with Crippen LogP contribution in [0.15, 0.2) is 77.3 Å². The minimum Gasteiger partial charge on any atom is -0.497 e. The summed E-state index contributed by atoms with van der Waals surface area (Å²) in [6.45, 7) is 9.66. The molecule has 0 fully saturated rings. The summed E-state index contributed by atoms with van der Waals surface area (Å²) in [5.41, 5.74) is 11.9. The van der Waals surface area contributed by atoms with Gasteiger partial charge in [-0.2, -0.15) is 0 Å². The number of nitrogens with zero attached hydrogens (tertiary/aromatic N) is 4. The maximum Gasteiger partial charge on any atom is 0.202 e. The van der Waals surface area contributed by atoms with Gasteiger partial charge >= 0.3 is 0 Å². The van der Waals surface area contributed by atoms with Crippen LogP contribution in [0.5, 0.6) is 17.2 Å². The number of nitrogen functional groups attached to an aromatic ring is 1. The van der Waals surface area contributed by atoms with Gasteiger partial charge in [-0.25, -0.2) is 9.97 Å². The van der Waals surface area contributed by atoms with Crippen molar-refractivity contribution in [1.82, 2.24) is 14.5 Å². The first-order chi connectivity index (χ1) is 19.1. The zero-order valence-corrected chi connectivity index (χ0v) is 24.3. The lowest BCUT2D eigenvalue weighted by Crippen LogP contribution is -2.06. The van der Waals surface area contributed by atoms with Crippen LogP contribution in [0, 0.1) is 0 Å². The maximum absolute atomic E-state index is 12.3. The molecule has 4 aromatic rings. The molecule has 2 N–H and O–H groups in total. The van der Waals surface area contributed by atoms with E-state index in [4.69, 9.17) is 19.9 Å². The fourth-order valence-corrected chi connectivity index (χ4v) is 4.87. The van der Waals surface area contributed by atoms with Crippen LogP contribution in [0.25, 0.3) is 16.7 Å². The second-order valence-corrected chi connectivity index (χ2v) is 12.8. The van der Waals surface area contributed by atoms with E-state index in [0.717, 1.165) is 28.0 Å². The highest BCUT2D eigenvalue weighted by Gasteiger charge is 2.14. The Morgan fingerprint density at radius 3 is 2.42 bits per heavy atom. The molecule has 0 radical (unpaired) electrons. The summed E-state index contributed by atoms with van der Waals surface area (Å²) < 4.78 is 31.0. The third-order valence-corrected chi connectivity index (χ3v) is 7.78. The van der Waals surface area contributed by atoms with E-state index in [9.17, 15) is 4.57 Å². The number of nitrogens with two attached hydrogens (primary N) is 1. The third-order valence-electron chi connectivity index (χ3n) is 6.39. The van der Waals surface area contributed by atoms with E-state index in [1.165, 1.54) is 0 Å². The molecule has 208 valence electrons. The van der Waals surface area contributed by atoms with Gasteiger partial charge in [0.15, 0.2) is 17.1 Å². The van der Waals surface area contributed by atoms with E-state index < -0.39 is 7.14 Å². The molecule has 2 aromatic heterocycles. The van der Waals surface area contributed by atoms with Crippen molar-refractivity contribution < 1.29 is 18.8 Å². The number of ether oxygens (including phenoxy) is 3. The lowest BCUT2D eigenvalue weighted by molar-refractivity contribution is 0.284. The summed E-state index contributed by atoms with van der Waals surface area (Å²) in [6, 6.07) is 15.4. The minimum atomic E-state index is -2.51. The SMILES string of the molecule is C=N/C(=C\C=C(/C)c1cnc2c(c1)nc(N)n2Cc1ccc(OCc2ccc(OC)cc2)c(OC)c1)P(C)(C)=O. The van der Waals surface area contributed by atoms with Crippen molar-refractivity contribution in [2.45, 2.75) is 20.1 Å². The Morgan fingerprint density at radius 2 is 1.77 bits per heavy atom. The number of aromatic nitrogens is 3. The Morgan fingerprint density at radius 1 is 1.05 bits per heavy atom. The van der Waals surface area contributed by atoms with Crippen molar-refractivity contribution in [3.63, 3.8) is 0 Å². The molecule has 0 atom stereocenters. The van der Waals surface area contributed by atoms with Crippen LogP contribution in [0.2, 0.25) is 0 Å². The normalized spacial score (nSPS) is 12.4. The second-order valence-electron chi connectivity index (χ2n) is 9.63. The number of rotatable bonds is 11. The van der Waals surface area contributed by atoms with Gasteiger partial charge in [-0.1, -0.05) is 24.3 Å². The number of fused-ring (bicyclic) bond motifs is 1. The number of aliphatic imine (C=N–C) groups is 1. The molecule has 0 bridgehead atoms. The molecular weight excluding hydrogens is 525 g/mol. The van der Waals surface area contributed by atoms with Crippen molar-refractivity contribution in [2.75, 3.05) is 33.3 Å². The molecule has 0 aliphatic carbocycles. The van der Waals surface area contributed by atoms with Crippen molar-refractivity contribution in [3.8, 4) is 17.2 Å². The minimum absolute atomic E-state index is 0.357. The molecule has 9 nitrogen and oxygen atoms in total. The van der Waals surface area contributed by atoms with Gasteiger partial charge in [0.1, 0.15) is 25.0 Å². The van der Waals surface area contributed by atoms with Gasteiger partial charge in [-0.05, 0) is 85.6 Å². The Labute approximate surface area is 234 Å². The van der Waals surface area contributed by atoms with E-state index >= 15 is 0 Å². The predicted octanol–water partition coefficient (Wildman–Crippen LogP) is 6.23. The molecule has 0 spiro atoms. The Hall–Kier alpha value is -4.36. The fraction of sp³-hybridized carbons (Fsp3) is 0.233. The highest BCUT2D eigenvalue weighted by molar-refractivity contribution is 7.66. The topological polar surface area (TPSA) is 114 Å². The number of methoxy groups -OCH3 is 2. The van der Waals surface area contributed by atoms with E-state index in [1.807, 2.05) is 66.1 Å². The maximum atomic E-state index is 12.3. The van der Waals surface area contributed by atoms with Gasteiger partial charge in [0, 0.05) is 6.20 Å². The predicted molar refractivity (Wildman–Crippen MR) is 162 cm³/mol. The highest BCUT2D eigenvalue weighted by atomic mass is 31.2. The Kier molecular flexibility index (Phi) is 8.75. The van der Waals surface area contributed by atoms with Gasteiger partial charge in [0.2, 0.25) is 5.95 Å². The monoisotopic (exact) mass is 559 g/mol. The van der Waals surface area contributed by atoms with Crippen molar-refractivity contribution in [1.29, 1.82) is 0 Å². The summed E-state index contributed by atoms with van der Waals surface area (Å²) in [7, 11) is 0.742. The Balaban J connectivity index is 1.53. The average Bonchev–Trinajstić information content (AvgIpc) is 3.25. The zero-order chi connectivity index (χ0) is 28.9. The zero-order valence-electron chi connectivity index (χ0n) is 23.4. The number of imidazole rings is 1. The van der Waals surface area contributed by atoms with E-state index in [2.05, 4.69) is 21.7 Å². The van der Waals surface area contributed by atoms with Crippen LogP contribution in [-0.2, 0) is 17.7 Å². The molecule has 2 heterocycles. The summed E-state index contributed by atoms with van der Waals surface area (Å²) in [4.78, 5) is 13.1. The van der Waals surface area contributed by atoms with Crippen LogP contribution < -0.4 is 19.9 Å². The molecule has 2 aromatic carbocycles. The first kappa shape index (κ1) is 28.6. The van der Waals surface area contributed by atoms with Crippen molar-refractivity contribution in [2.24, 2.45) is 4.99 Å². The summed E-state index contributed by atoms with van der Waals surface area (Å²) in [5, 5.41) is 0. The molecule has 0 unspecified atom stereocenters. The van der Waals surface area contributed by atoms with E-state index in [-0.39, 0.29) is 0 Å².